The maximum Gasteiger partial charge on any atom is 0.341 e. The number of hydrogen-bond acceptors (Lipinski definition) is 5. The highest BCUT2D eigenvalue weighted by atomic mass is 16.5. The summed E-state index contributed by atoms with van der Waals surface area (Å²) in [7, 11) is 0. The molecule has 144 valence electrons. The molecule has 0 atom stereocenters. The molecule has 2 aromatic rings. The molecule has 2 aromatic carbocycles. The summed E-state index contributed by atoms with van der Waals surface area (Å²) in [5, 5.41) is 11.6. The topological polar surface area (TPSA) is 94.1 Å². The molecule has 0 unspecified atom stereocenters. The van der Waals surface area contributed by atoms with E-state index in [1.54, 1.807) is 13.0 Å². The number of rotatable bonds is 10. The van der Waals surface area contributed by atoms with Gasteiger partial charge in [-0.15, -0.1) is 0 Å². The standard InChI is InChI=1S/C20H23NO6/c1-3-25-16-8-6-5-7-15(16)12-21-20(24)14-9-10-17(27-13-19(22)23)18(11-14)26-4-2/h5-11H,3-4,12-13H2,1-2H3,(H,21,24)(H,22,23). The minimum Gasteiger partial charge on any atom is -0.494 e. The molecule has 0 heterocycles. The van der Waals surface area contributed by atoms with Gasteiger partial charge in [0.15, 0.2) is 18.1 Å². The molecule has 0 fully saturated rings. The van der Waals surface area contributed by atoms with Crippen LogP contribution in [0.2, 0.25) is 0 Å². The fourth-order valence-corrected chi connectivity index (χ4v) is 2.40. The Morgan fingerprint density at radius 1 is 0.926 bits per heavy atom. The largest absolute Gasteiger partial charge is 0.494 e. The van der Waals surface area contributed by atoms with Gasteiger partial charge in [0.1, 0.15) is 5.75 Å². The molecule has 0 saturated carbocycles. The fraction of sp³-hybridized carbons (Fsp3) is 0.300. The predicted molar refractivity (Wildman–Crippen MR) is 99.5 cm³/mol. The molecule has 0 aliphatic carbocycles. The number of hydrogen-bond donors (Lipinski definition) is 2. The lowest BCUT2D eigenvalue weighted by Crippen LogP contribution is -2.23. The van der Waals surface area contributed by atoms with Crippen LogP contribution in [0.3, 0.4) is 0 Å². The first-order valence-electron chi connectivity index (χ1n) is 8.65. The van der Waals surface area contributed by atoms with Gasteiger partial charge in [0.05, 0.1) is 13.2 Å². The zero-order valence-electron chi connectivity index (χ0n) is 15.4. The van der Waals surface area contributed by atoms with Gasteiger partial charge >= 0.3 is 5.97 Å². The van der Waals surface area contributed by atoms with E-state index in [1.807, 2.05) is 31.2 Å². The van der Waals surface area contributed by atoms with E-state index in [0.717, 1.165) is 11.3 Å². The van der Waals surface area contributed by atoms with Gasteiger partial charge in [0.25, 0.3) is 5.91 Å². The molecule has 0 aliphatic rings. The van der Waals surface area contributed by atoms with Gasteiger partial charge in [-0.1, -0.05) is 18.2 Å². The Hall–Kier alpha value is -3.22. The van der Waals surface area contributed by atoms with Crippen molar-refractivity contribution in [2.24, 2.45) is 0 Å². The van der Waals surface area contributed by atoms with E-state index < -0.39 is 12.6 Å². The highest BCUT2D eigenvalue weighted by Crippen LogP contribution is 2.28. The number of carbonyl (C=O) groups is 2. The molecule has 0 aliphatic heterocycles. The molecular formula is C20H23NO6. The van der Waals surface area contributed by atoms with Gasteiger partial charge in [0.2, 0.25) is 0 Å². The Bertz CT molecular complexity index is 790. The van der Waals surface area contributed by atoms with Crippen molar-refractivity contribution in [2.75, 3.05) is 19.8 Å². The average Bonchev–Trinajstić information content (AvgIpc) is 2.66. The van der Waals surface area contributed by atoms with Crippen LogP contribution in [0.15, 0.2) is 42.5 Å². The Balaban J connectivity index is 2.09. The maximum absolute atomic E-state index is 12.5. The number of carboxylic acids is 1. The van der Waals surface area contributed by atoms with Gasteiger partial charge < -0.3 is 24.6 Å². The lowest BCUT2D eigenvalue weighted by Gasteiger charge is -2.13. The van der Waals surface area contributed by atoms with Gasteiger partial charge in [-0.05, 0) is 38.1 Å². The van der Waals surface area contributed by atoms with Crippen molar-refractivity contribution >= 4 is 11.9 Å². The first kappa shape index (κ1) is 20.1. The van der Waals surface area contributed by atoms with Crippen molar-refractivity contribution in [3.63, 3.8) is 0 Å². The van der Waals surface area contributed by atoms with Crippen LogP contribution in [0.5, 0.6) is 17.2 Å². The number of para-hydroxylation sites is 1. The third-order valence-electron chi connectivity index (χ3n) is 3.57. The molecule has 27 heavy (non-hydrogen) atoms. The molecule has 0 aromatic heterocycles. The van der Waals surface area contributed by atoms with Crippen molar-refractivity contribution in [1.82, 2.24) is 5.32 Å². The fourth-order valence-electron chi connectivity index (χ4n) is 2.40. The van der Waals surface area contributed by atoms with Crippen molar-refractivity contribution < 1.29 is 28.9 Å². The number of aliphatic carboxylic acids is 1. The first-order valence-corrected chi connectivity index (χ1v) is 8.65. The SMILES string of the molecule is CCOc1ccccc1CNC(=O)c1ccc(OCC(=O)O)c(OCC)c1. The summed E-state index contributed by atoms with van der Waals surface area (Å²) >= 11 is 0. The monoisotopic (exact) mass is 373 g/mol. The number of carbonyl (C=O) groups excluding carboxylic acids is 1. The molecule has 2 rings (SSSR count). The summed E-state index contributed by atoms with van der Waals surface area (Å²) < 4.78 is 16.2. The minimum absolute atomic E-state index is 0.275. The molecule has 7 nitrogen and oxygen atoms in total. The Morgan fingerprint density at radius 3 is 2.33 bits per heavy atom. The van der Waals surface area contributed by atoms with Crippen molar-refractivity contribution in [3.8, 4) is 17.2 Å². The summed E-state index contributed by atoms with van der Waals surface area (Å²) in [5.41, 5.74) is 1.26. The van der Waals surface area contributed by atoms with E-state index in [9.17, 15) is 9.59 Å². The lowest BCUT2D eigenvalue weighted by molar-refractivity contribution is -0.139. The van der Waals surface area contributed by atoms with E-state index >= 15 is 0 Å². The summed E-state index contributed by atoms with van der Waals surface area (Å²) in [6.07, 6.45) is 0. The second-order valence-electron chi connectivity index (χ2n) is 5.50. The van der Waals surface area contributed by atoms with E-state index in [0.29, 0.717) is 31.1 Å². The third-order valence-corrected chi connectivity index (χ3v) is 3.57. The average molecular weight is 373 g/mol. The van der Waals surface area contributed by atoms with Crippen molar-refractivity contribution in [3.05, 3.63) is 53.6 Å². The van der Waals surface area contributed by atoms with Crippen LogP contribution in [-0.2, 0) is 11.3 Å². The number of amides is 1. The zero-order chi connectivity index (χ0) is 19.6. The molecule has 1 amide bonds. The zero-order valence-corrected chi connectivity index (χ0v) is 15.4. The second kappa shape index (κ2) is 10.1. The van der Waals surface area contributed by atoms with Gasteiger partial charge in [-0.2, -0.15) is 0 Å². The number of benzene rings is 2. The number of nitrogens with one attached hydrogen (secondary N) is 1. The normalized spacial score (nSPS) is 10.1. The first-order chi connectivity index (χ1) is 13.0. The highest BCUT2D eigenvalue weighted by Gasteiger charge is 2.13. The van der Waals surface area contributed by atoms with Crippen molar-refractivity contribution in [2.45, 2.75) is 20.4 Å². The third kappa shape index (κ3) is 5.91. The lowest BCUT2D eigenvalue weighted by atomic mass is 10.1. The molecule has 0 bridgehead atoms. The van der Waals surface area contributed by atoms with E-state index in [4.69, 9.17) is 19.3 Å². The van der Waals surface area contributed by atoms with Crippen LogP contribution < -0.4 is 19.5 Å². The molecule has 0 saturated heterocycles. The highest BCUT2D eigenvalue weighted by molar-refractivity contribution is 5.94. The van der Waals surface area contributed by atoms with Crippen LogP contribution >= 0.6 is 0 Å². The quantitative estimate of drug-likeness (QED) is 0.665. The van der Waals surface area contributed by atoms with E-state index in [-0.39, 0.29) is 11.7 Å². The predicted octanol–water partition coefficient (Wildman–Crippen LogP) is 2.88. The van der Waals surface area contributed by atoms with Gasteiger partial charge in [-0.3, -0.25) is 4.79 Å². The maximum atomic E-state index is 12.5. The van der Waals surface area contributed by atoms with E-state index in [1.165, 1.54) is 12.1 Å². The number of carboxylic acid groups (broad SMARTS) is 1. The number of ether oxygens (including phenoxy) is 3. The van der Waals surface area contributed by atoms with E-state index in [2.05, 4.69) is 5.32 Å². The molecule has 0 radical (unpaired) electrons. The van der Waals surface area contributed by atoms with Crippen molar-refractivity contribution in [1.29, 1.82) is 0 Å². The van der Waals surface area contributed by atoms with Gasteiger partial charge in [-0.25, -0.2) is 4.79 Å². The molecule has 7 heteroatoms. The minimum atomic E-state index is -1.09. The summed E-state index contributed by atoms with van der Waals surface area (Å²) in [4.78, 5) is 23.1. The van der Waals surface area contributed by atoms with Gasteiger partial charge in [0, 0.05) is 17.7 Å². The Labute approximate surface area is 157 Å². The molecular weight excluding hydrogens is 350 g/mol. The van der Waals surface area contributed by atoms with Crippen LogP contribution in [0.25, 0.3) is 0 Å². The Morgan fingerprint density at radius 2 is 1.63 bits per heavy atom. The molecule has 0 spiro atoms. The van der Waals surface area contributed by atoms with Crippen LogP contribution in [0.1, 0.15) is 29.8 Å². The second-order valence-corrected chi connectivity index (χ2v) is 5.50. The van der Waals surface area contributed by atoms with Crippen LogP contribution in [0.4, 0.5) is 0 Å². The summed E-state index contributed by atoms with van der Waals surface area (Å²) in [6, 6.07) is 12.1. The summed E-state index contributed by atoms with van der Waals surface area (Å²) in [6.45, 7) is 4.42. The Kier molecular flexibility index (Phi) is 7.49. The summed E-state index contributed by atoms with van der Waals surface area (Å²) in [5.74, 6) is -0.0504. The smallest absolute Gasteiger partial charge is 0.341 e. The molecule has 2 N–H and O–H groups in total. The van der Waals surface area contributed by atoms with Crippen LogP contribution in [-0.4, -0.2) is 36.8 Å². The van der Waals surface area contributed by atoms with Crippen LogP contribution in [0, 0.1) is 0 Å².